The van der Waals surface area contributed by atoms with Gasteiger partial charge in [-0.05, 0) is 136 Å². The molecule has 4 aliphatic rings. The van der Waals surface area contributed by atoms with E-state index in [-0.39, 0.29) is 5.04 Å². The van der Waals surface area contributed by atoms with Gasteiger partial charge in [0.05, 0.1) is 5.60 Å². The van der Waals surface area contributed by atoms with Crippen LogP contribution in [0.1, 0.15) is 127 Å². The van der Waals surface area contributed by atoms with Gasteiger partial charge < -0.3 is 9.53 Å². The van der Waals surface area contributed by atoms with E-state index < -0.39 is 13.9 Å². The van der Waals surface area contributed by atoms with Crippen molar-refractivity contribution >= 4 is 8.32 Å². The molecule has 0 radical (unpaired) electrons. The second kappa shape index (κ2) is 10.1. The molecule has 2 nitrogen and oxygen atoms in total. The molecule has 0 aromatic carbocycles. The summed E-state index contributed by atoms with van der Waals surface area (Å²) in [5.41, 5.74) is 2.12. The Kier molecular flexibility index (Phi) is 8.11. The summed E-state index contributed by atoms with van der Waals surface area (Å²) in [5.74, 6) is 4.50. The topological polar surface area (TPSA) is 29.5 Å². The van der Waals surface area contributed by atoms with Crippen molar-refractivity contribution in [1.82, 2.24) is 0 Å². The van der Waals surface area contributed by atoms with Crippen LogP contribution in [-0.4, -0.2) is 25.1 Å². The van der Waals surface area contributed by atoms with Crippen molar-refractivity contribution in [2.75, 3.05) is 0 Å². The Morgan fingerprint density at radius 1 is 1.00 bits per heavy atom. The predicted molar refractivity (Wildman–Crippen MR) is 161 cm³/mol. The van der Waals surface area contributed by atoms with Gasteiger partial charge in [0.15, 0.2) is 8.32 Å². The molecule has 9 atom stereocenters. The van der Waals surface area contributed by atoms with Gasteiger partial charge in [-0.3, -0.25) is 0 Å². The average Bonchev–Trinajstić information content (AvgIpc) is 3.14. The maximum absolute atomic E-state index is 10.9. The summed E-state index contributed by atoms with van der Waals surface area (Å²) < 4.78 is 6.94. The minimum atomic E-state index is -1.72. The maximum atomic E-state index is 10.9. The highest BCUT2D eigenvalue weighted by Crippen LogP contribution is 2.67. The Hall–Kier alpha value is -0.123. The fourth-order valence-electron chi connectivity index (χ4n) is 9.31. The summed E-state index contributed by atoms with van der Waals surface area (Å²) in [5, 5.41) is 11.2. The fraction of sp³-hybridized carbons (Fsp3) is 0.941. The van der Waals surface area contributed by atoms with Crippen molar-refractivity contribution in [3.05, 3.63) is 11.6 Å². The van der Waals surface area contributed by atoms with Crippen LogP contribution in [0, 0.1) is 46.3 Å². The lowest BCUT2D eigenvalue weighted by Crippen LogP contribution is -2.52. The molecule has 3 saturated carbocycles. The molecule has 0 amide bonds. The van der Waals surface area contributed by atoms with Crippen LogP contribution in [0.5, 0.6) is 0 Å². The molecule has 0 aromatic rings. The molecule has 4 rings (SSSR count). The van der Waals surface area contributed by atoms with Gasteiger partial charge in [-0.25, -0.2) is 0 Å². The predicted octanol–water partition coefficient (Wildman–Crippen LogP) is 9.78. The summed E-state index contributed by atoms with van der Waals surface area (Å²) in [6, 6.07) is 0. The van der Waals surface area contributed by atoms with Gasteiger partial charge in [-0.15, -0.1) is 0 Å². The summed E-state index contributed by atoms with van der Waals surface area (Å²) >= 11 is 0. The molecule has 0 saturated heterocycles. The first-order chi connectivity index (χ1) is 16.9. The van der Waals surface area contributed by atoms with Gasteiger partial charge in [0.25, 0.3) is 0 Å². The lowest BCUT2D eigenvalue weighted by atomic mass is 9.47. The van der Waals surface area contributed by atoms with Crippen molar-refractivity contribution in [2.45, 2.75) is 156 Å². The van der Waals surface area contributed by atoms with Crippen molar-refractivity contribution in [3.8, 4) is 0 Å². The molecule has 0 heterocycles. The first kappa shape index (κ1) is 29.8. The molecule has 0 aliphatic heterocycles. The lowest BCUT2D eigenvalue weighted by molar-refractivity contribution is -0.0593. The van der Waals surface area contributed by atoms with Gasteiger partial charge in [-0.2, -0.15) is 0 Å². The highest BCUT2D eigenvalue weighted by Gasteiger charge is 2.59. The second-order valence-electron chi connectivity index (χ2n) is 16.8. The van der Waals surface area contributed by atoms with Crippen LogP contribution in [0.25, 0.3) is 0 Å². The largest absolute Gasteiger partial charge is 0.414 e. The standard InChI is InChI=1S/C34H62O2Si/c1-23(2)34(9,35)21-16-24(3)28-14-15-29-27-13-12-25-22-26(36-37(10,11)31(4,5)6)17-19-32(25,7)30(27)18-20-33(28,29)8/h12,23-24,26-30,35H,13-22H2,1-11H3/t24-,26+,27+,28-,29+,30+,32+,33-,34?/m1/s1. The van der Waals surface area contributed by atoms with Crippen LogP contribution in [-0.2, 0) is 4.43 Å². The van der Waals surface area contributed by atoms with Crippen LogP contribution in [0.15, 0.2) is 11.6 Å². The van der Waals surface area contributed by atoms with Gasteiger partial charge in [0.2, 0.25) is 0 Å². The molecule has 0 bridgehead atoms. The van der Waals surface area contributed by atoms with Crippen molar-refractivity contribution in [1.29, 1.82) is 0 Å². The molecule has 3 fully saturated rings. The Bertz CT molecular complexity index is 850. The molecule has 37 heavy (non-hydrogen) atoms. The van der Waals surface area contributed by atoms with Gasteiger partial charge in [0.1, 0.15) is 0 Å². The zero-order chi connectivity index (χ0) is 27.6. The monoisotopic (exact) mass is 530 g/mol. The molecule has 1 N–H and O–H groups in total. The third-order valence-electron chi connectivity index (χ3n) is 13.4. The number of hydrogen-bond donors (Lipinski definition) is 1. The minimum absolute atomic E-state index is 0.286. The second-order valence-corrected chi connectivity index (χ2v) is 21.5. The smallest absolute Gasteiger partial charge is 0.192 e. The van der Waals surface area contributed by atoms with E-state index >= 15 is 0 Å². The van der Waals surface area contributed by atoms with Crippen molar-refractivity contribution in [3.63, 3.8) is 0 Å². The SMILES string of the molecule is CC(C)C(C)(O)CC[C@@H](C)[C@H]1CC[C@H]2[C@@H]3CC=C4C[C@@H](O[Si](C)(C)C(C)(C)C)CC[C@]4(C)[C@H]3CC[C@]12C. The van der Waals surface area contributed by atoms with E-state index in [0.717, 1.165) is 30.1 Å². The Labute approximate surface area is 231 Å². The highest BCUT2D eigenvalue weighted by molar-refractivity contribution is 6.74. The fourth-order valence-corrected chi connectivity index (χ4v) is 10.7. The maximum Gasteiger partial charge on any atom is 0.192 e. The highest BCUT2D eigenvalue weighted by atomic mass is 28.4. The Morgan fingerprint density at radius 3 is 2.30 bits per heavy atom. The molecular weight excluding hydrogens is 468 g/mol. The van der Waals surface area contributed by atoms with Crippen molar-refractivity contribution < 1.29 is 9.53 Å². The van der Waals surface area contributed by atoms with E-state index in [1.165, 1.54) is 57.8 Å². The molecule has 0 spiro atoms. The summed E-state index contributed by atoms with van der Waals surface area (Å²) in [6.07, 6.45) is 16.0. The zero-order valence-corrected chi connectivity index (χ0v) is 27.5. The summed E-state index contributed by atoms with van der Waals surface area (Å²) in [4.78, 5) is 0. The van der Waals surface area contributed by atoms with Gasteiger partial charge in [0, 0.05) is 6.10 Å². The van der Waals surface area contributed by atoms with Crippen LogP contribution in [0.3, 0.4) is 0 Å². The van der Waals surface area contributed by atoms with E-state index in [1.54, 1.807) is 5.57 Å². The van der Waals surface area contributed by atoms with Gasteiger partial charge >= 0.3 is 0 Å². The Morgan fingerprint density at radius 2 is 1.68 bits per heavy atom. The molecule has 4 aliphatic carbocycles. The van der Waals surface area contributed by atoms with Crippen LogP contribution >= 0.6 is 0 Å². The molecule has 1 unspecified atom stereocenters. The summed E-state index contributed by atoms with van der Waals surface area (Å²) in [6.45, 7) is 26.2. The van der Waals surface area contributed by atoms with Crippen LogP contribution < -0.4 is 0 Å². The number of fused-ring (bicyclic) bond motifs is 5. The first-order valence-electron chi connectivity index (χ1n) is 16.0. The molecule has 214 valence electrons. The summed E-state index contributed by atoms with van der Waals surface area (Å²) in [7, 11) is -1.72. The number of aliphatic hydroxyl groups is 1. The van der Waals surface area contributed by atoms with E-state index in [1.807, 2.05) is 6.92 Å². The molecule has 0 aromatic heterocycles. The van der Waals surface area contributed by atoms with Crippen LogP contribution in [0.2, 0.25) is 18.1 Å². The third kappa shape index (κ3) is 5.33. The third-order valence-corrected chi connectivity index (χ3v) is 18.0. The van der Waals surface area contributed by atoms with E-state index in [4.69, 9.17) is 4.43 Å². The average molecular weight is 531 g/mol. The lowest BCUT2D eigenvalue weighted by Gasteiger charge is -2.59. The van der Waals surface area contributed by atoms with E-state index in [9.17, 15) is 5.11 Å². The normalized spacial score (nSPS) is 40.9. The first-order valence-corrected chi connectivity index (χ1v) is 18.9. The number of allylic oxidation sites excluding steroid dienone is 1. The Balaban J connectivity index is 1.45. The number of hydrogen-bond acceptors (Lipinski definition) is 2. The van der Waals surface area contributed by atoms with E-state index in [0.29, 0.717) is 28.8 Å². The zero-order valence-electron chi connectivity index (χ0n) is 26.5. The van der Waals surface area contributed by atoms with E-state index in [2.05, 4.69) is 74.6 Å². The minimum Gasteiger partial charge on any atom is -0.414 e. The van der Waals surface area contributed by atoms with Gasteiger partial charge in [-0.1, -0.05) is 67.0 Å². The van der Waals surface area contributed by atoms with Crippen molar-refractivity contribution in [2.24, 2.45) is 46.3 Å². The molecule has 3 heteroatoms. The molecular formula is C34H62O2Si. The van der Waals surface area contributed by atoms with Crippen LogP contribution in [0.4, 0.5) is 0 Å². The number of rotatable bonds is 7. The quantitative estimate of drug-likeness (QED) is 0.262.